The van der Waals surface area contributed by atoms with Crippen molar-refractivity contribution >= 4 is 11.9 Å². The zero-order valence-corrected chi connectivity index (χ0v) is 11.0. The Morgan fingerprint density at radius 3 is 2.65 bits per heavy atom. The average molecular weight is 242 g/mol. The van der Waals surface area contributed by atoms with E-state index in [0.717, 1.165) is 6.54 Å². The second-order valence-electron chi connectivity index (χ2n) is 5.81. The summed E-state index contributed by atoms with van der Waals surface area (Å²) < 4.78 is 0. The third-order valence-corrected chi connectivity index (χ3v) is 2.77. The molecule has 0 aliphatic carbocycles. The first-order chi connectivity index (χ1) is 7.71. The second kappa shape index (κ2) is 5.04. The predicted molar refractivity (Wildman–Crippen MR) is 64.7 cm³/mol. The maximum atomic E-state index is 11.9. The van der Waals surface area contributed by atoms with Crippen LogP contribution in [0.5, 0.6) is 0 Å². The van der Waals surface area contributed by atoms with Crippen molar-refractivity contribution in [3.8, 4) is 0 Å². The maximum Gasteiger partial charge on any atom is 0.305 e. The fraction of sp³-hybridized carbons (Fsp3) is 0.833. The summed E-state index contributed by atoms with van der Waals surface area (Å²) in [5.74, 6) is -0.698. The van der Waals surface area contributed by atoms with Gasteiger partial charge in [-0.05, 0) is 19.8 Å². The first-order valence-electron chi connectivity index (χ1n) is 5.99. The minimum absolute atomic E-state index is 0.130. The third-order valence-electron chi connectivity index (χ3n) is 2.77. The van der Waals surface area contributed by atoms with Crippen LogP contribution in [0.2, 0.25) is 0 Å². The van der Waals surface area contributed by atoms with Gasteiger partial charge in [-0.3, -0.25) is 14.5 Å². The summed E-state index contributed by atoms with van der Waals surface area (Å²) in [4.78, 5) is 24.7. The van der Waals surface area contributed by atoms with E-state index in [4.69, 9.17) is 5.11 Å². The molecule has 0 spiro atoms. The zero-order chi connectivity index (χ0) is 13.2. The molecule has 2 N–H and O–H groups in total. The van der Waals surface area contributed by atoms with Gasteiger partial charge in [0.2, 0.25) is 5.91 Å². The minimum atomic E-state index is -0.932. The van der Waals surface area contributed by atoms with Crippen molar-refractivity contribution in [3.63, 3.8) is 0 Å². The molecule has 1 heterocycles. The van der Waals surface area contributed by atoms with Gasteiger partial charge in [-0.15, -0.1) is 0 Å². The number of hydrogen-bond acceptors (Lipinski definition) is 3. The van der Waals surface area contributed by atoms with Crippen molar-refractivity contribution in [2.75, 3.05) is 13.1 Å². The van der Waals surface area contributed by atoms with Gasteiger partial charge in [0.1, 0.15) is 0 Å². The number of nitrogens with zero attached hydrogens (tertiary/aromatic N) is 1. The van der Waals surface area contributed by atoms with E-state index in [1.54, 1.807) is 0 Å². The molecule has 1 unspecified atom stereocenters. The summed E-state index contributed by atoms with van der Waals surface area (Å²) >= 11 is 0. The Bertz CT molecular complexity index is 313. The molecule has 0 aromatic heterocycles. The monoisotopic (exact) mass is 242 g/mol. The highest BCUT2D eigenvalue weighted by atomic mass is 16.4. The highest BCUT2D eigenvalue weighted by Crippen LogP contribution is 2.19. The number of carbonyl (C=O) groups is 2. The van der Waals surface area contributed by atoms with Gasteiger partial charge in [0, 0.05) is 18.6 Å². The molecule has 1 amide bonds. The fourth-order valence-corrected chi connectivity index (χ4v) is 2.29. The van der Waals surface area contributed by atoms with Crippen molar-refractivity contribution in [3.05, 3.63) is 0 Å². The number of aliphatic carboxylic acids is 1. The van der Waals surface area contributed by atoms with E-state index in [0.29, 0.717) is 12.5 Å². The Morgan fingerprint density at radius 2 is 2.18 bits per heavy atom. The smallest absolute Gasteiger partial charge is 0.305 e. The molecule has 1 aliphatic rings. The summed E-state index contributed by atoms with van der Waals surface area (Å²) in [6.07, 6.45) is -0.130. The van der Waals surface area contributed by atoms with E-state index in [1.165, 1.54) is 0 Å². The molecule has 0 bridgehead atoms. The average Bonchev–Trinajstić information content (AvgIpc) is 2.08. The molecule has 17 heavy (non-hydrogen) atoms. The summed E-state index contributed by atoms with van der Waals surface area (Å²) in [5.41, 5.74) is -0.291. The lowest BCUT2D eigenvalue weighted by atomic mass is 9.95. The summed E-state index contributed by atoms with van der Waals surface area (Å²) in [6.45, 7) is 9.47. The Labute approximate surface area is 102 Å². The first-order valence-corrected chi connectivity index (χ1v) is 5.99. The molecular formula is C12H22N2O3. The molecule has 0 aromatic rings. The van der Waals surface area contributed by atoms with E-state index < -0.39 is 12.0 Å². The molecule has 1 rings (SSSR count). The lowest BCUT2D eigenvalue weighted by Crippen LogP contribution is -2.65. The largest absolute Gasteiger partial charge is 0.481 e. The van der Waals surface area contributed by atoms with Gasteiger partial charge in [-0.1, -0.05) is 13.8 Å². The molecule has 98 valence electrons. The van der Waals surface area contributed by atoms with E-state index in [9.17, 15) is 9.59 Å². The Morgan fingerprint density at radius 1 is 1.59 bits per heavy atom. The fourth-order valence-electron chi connectivity index (χ4n) is 2.29. The third kappa shape index (κ3) is 4.00. The van der Waals surface area contributed by atoms with Gasteiger partial charge in [0.25, 0.3) is 0 Å². The molecule has 0 saturated carbocycles. The van der Waals surface area contributed by atoms with E-state index in [2.05, 4.69) is 19.2 Å². The normalized spacial score (nSPS) is 24.8. The first kappa shape index (κ1) is 14.0. The number of carboxylic acids is 1. The van der Waals surface area contributed by atoms with Crippen LogP contribution in [0.15, 0.2) is 0 Å². The topological polar surface area (TPSA) is 69.6 Å². The predicted octanol–water partition coefficient (Wildman–Crippen LogP) is 0.696. The molecule has 1 aliphatic heterocycles. The number of carboxylic acid groups (broad SMARTS) is 1. The van der Waals surface area contributed by atoms with Crippen LogP contribution in [0, 0.1) is 5.92 Å². The van der Waals surface area contributed by atoms with Crippen LogP contribution >= 0.6 is 0 Å². The van der Waals surface area contributed by atoms with Crippen LogP contribution in [0.1, 0.15) is 34.1 Å². The Kier molecular flexibility index (Phi) is 4.14. The zero-order valence-electron chi connectivity index (χ0n) is 11.0. The van der Waals surface area contributed by atoms with Gasteiger partial charge < -0.3 is 10.4 Å². The number of hydrogen-bond donors (Lipinski definition) is 2. The van der Waals surface area contributed by atoms with Crippen molar-refractivity contribution in [2.24, 2.45) is 5.92 Å². The number of piperazine rings is 1. The van der Waals surface area contributed by atoms with Crippen LogP contribution in [0.25, 0.3) is 0 Å². The van der Waals surface area contributed by atoms with E-state index in [-0.39, 0.29) is 17.9 Å². The lowest BCUT2D eigenvalue weighted by molar-refractivity contribution is -0.145. The van der Waals surface area contributed by atoms with Crippen LogP contribution < -0.4 is 5.32 Å². The SMILES string of the molecule is CC(C)CN1CC(C)(C)NC(=O)C1CC(=O)O. The van der Waals surface area contributed by atoms with Crippen LogP contribution in [-0.2, 0) is 9.59 Å². The van der Waals surface area contributed by atoms with Crippen molar-refractivity contribution in [2.45, 2.75) is 45.7 Å². The van der Waals surface area contributed by atoms with E-state index >= 15 is 0 Å². The maximum absolute atomic E-state index is 11.9. The molecule has 0 radical (unpaired) electrons. The van der Waals surface area contributed by atoms with Gasteiger partial charge in [-0.25, -0.2) is 0 Å². The molecule has 5 nitrogen and oxygen atoms in total. The van der Waals surface area contributed by atoms with Crippen LogP contribution in [0.4, 0.5) is 0 Å². The number of carbonyl (C=O) groups excluding carboxylic acids is 1. The molecule has 1 fully saturated rings. The second-order valence-corrected chi connectivity index (χ2v) is 5.81. The lowest BCUT2D eigenvalue weighted by Gasteiger charge is -2.43. The number of nitrogens with one attached hydrogen (secondary N) is 1. The van der Waals surface area contributed by atoms with Gasteiger partial charge in [-0.2, -0.15) is 0 Å². The summed E-state index contributed by atoms with van der Waals surface area (Å²) in [5, 5.41) is 11.7. The highest BCUT2D eigenvalue weighted by Gasteiger charge is 2.39. The molecule has 5 heteroatoms. The van der Waals surface area contributed by atoms with Crippen LogP contribution in [0.3, 0.4) is 0 Å². The number of rotatable bonds is 4. The van der Waals surface area contributed by atoms with Crippen molar-refractivity contribution < 1.29 is 14.7 Å². The molecule has 0 aromatic carbocycles. The Balaban J connectivity index is 2.82. The van der Waals surface area contributed by atoms with Gasteiger partial charge >= 0.3 is 5.97 Å². The van der Waals surface area contributed by atoms with Crippen LogP contribution in [-0.4, -0.2) is 46.6 Å². The van der Waals surface area contributed by atoms with Crippen molar-refractivity contribution in [1.82, 2.24) is 10.2 Å². The highest BCUT2D eigenvalue weighted by molar-refractivity contribution is 5.87. The summed E-state index contributed by atoms with van der Waals surface area (Å²) in [6, 6.07) is -0.539. The van der Waals surface area contributed by atoms with Crippen molar-refractivity contribution in [1.29, 1.82) is 0 Å². The molecule has 1 atom stereocenters. The quantitative estimate of drug-likeness (QED) is 0.761. The summed E-state index contributed by atoms with van der Waals surface area (Å²) in [7, 11) is 0. The van der Waals surface area contributed by atoms with Gasteiger partial charge in [0.15, 0.2) is 0 Å². The Hall–Kier alpha value is -1.10. The standard InChI is InChI=1S/C12H22N2O3/c1-8(2)6-14-7-12(3,4)13-11(17)9(14)5-10(15)16/h8-9H,5-7H2,1-4H3,(H,13,17)(H,15,16). The van der Waals surface area contributed by atoms with E-state index in [1.807, 2.05) is 18.7 Å². The molecular weight excluding hydrogens is 220 g/mol. The number of amides is 1. The van der Waals surface area contributed by atoms with Gasteiger partial charge in [0.05, 0.1) is 12.5 Å². The molecule has 1 saturated heterocycles. The minimum Gasteiger partial charge on any atom is -0.481 e.